The molecule has 1 aromatic carbocycles. The van der Waals surface area contributed by atoms with Crippen LogP contribution in [0.3, 0.4) is 0 Å². The minimum absolute atomic E-state index is 0.0364. The number of thioether (sulfide) groups is 1. The molecule has 0 unspecified atom stereocenters. The Hall–Kier alpha value is -1.16. The fourth-order valence-corrected chi connectivity index (χ4v) is 1.78. The van der Waals surface area contributed by atoms with Crippen LogP contribution in [0.5, 0.6) is 0 Å². The number of carbonyl (C=O) groups excluding carboxylic acids is 1. The van der Waals surface area contributed by atoms with Crippen LogP contribution in [0.2, 0.25) is 0 Å². The molecule has 0 spiro atoms. The molecule has 0 N–H and O–H groups in total. The van der Waals surface area contributed by atoms with E-state index in [2.05, 4.69) is 0 Å². The van der Waals surface area contributed by atoms with Gasteiger partial charge in [0.25, 0.3) is 6.43 Å². The predicted molar refractivity (Wildman–Crippen MR) is 68.2 cm³/mol. The Kier molecular flexibility index (Phi) is 5.91. The van der Waals surface area contributed by atoms with Gasteiger partial charge in [0, 0.05) is 18.2 Å². The van der Waals surface area contributed by atoms with Crippen LogP contribution in [-0.4, -0.2) is 10.9 Å². The van der Waals surface area contributed by atoms with Crippen LogP contribution >= 0.6 is 11.8 Å². The molecule has 0 saturated carbocycles. The van der Waals surface area contributed by atoms with E-state index in [4.69, 9.17) is 0 Å². The number of halogens is 2. The summed E-state index contributed by atoms with van der Waals surface area (Å²) < 4.78 is 24.5. The van der Waals surface area contributed by atoms with Crippen LogP contribution in [0.15, 0.2) is 30.3 Å². The number of hydrogen-bond donors (Lipinski definition) is 0. The SMILES string of the molecule is CC(=O)SCCC=Cc1ccc(C(F)F)cc1. The minimum Gasteiger partial charge on any atom is -0.288 e. The summed E-state index contributed by atoms with van der Waals surface area (Å²) in [4.78, 5) is 10.6. The largest absolute Gasteiger partial charge is 0.288 e. The third kappa shape index (κ3) is 5.63. The Morgan fingerprint density at radius 1 is 1.35 bits per heavy atom. The van der Waals surface area contributed by atoms with Gasteiger partial charge < -0.3 is 0 Å². The highest BCUT2D eigenvalue weighted by atomic mass is 32.2. The molecule has 17 heavy (non-hydrogen) atoms. The number of hydrogen-bond acceptors (Lipinski definition) is 2. The molecule has 0 aromatic heterocycles. The Morgan fingerprint density at radius 2 is 2.00 bits per heavy atom. The van der Waals surface area contributed by atoms with Gasteiger partial charge in [-0.1, -0.05) is 48.2 Å². The number of carbonyl (C=O) groups is 1. The van der Waals surface area contributed by atoms with Gasteiger partial charge in [0.05, 0.1) is 0 Å². The molecule has 0 aliphatic heterocycles. The second kappa shape index (κ2) is 7.22. The molecule has 92 valence electrons. The molecule has 1 aromatic rings. The average Bonchev–Trinajstić information content (AvgIpc) is 2.29. The second-order valence-corrected chi connectivity index (χ2v) is 4.77. The molecular weight excluding hydrogens is 242 g/mol. The van der Waals surface area contributed by atoms with Crippen molar-refractivity contribution in [2.75, 3.05) is 5.75 Å². The predicted octanol–water partition coefficient (Wildman–Crippen LogP) is 4.31. The summed E-state index contributed by atoms with van der Waals surface area (Å²) in [6.07, 6.45) is 2.18. The maximum Gasteiger partial charge on any atom is 0.263 e. The van der Waals surface area contributed by atoms with E-state index in [1.54, 1.807) is 12.1 Å². The molecule has 0 saturated heterocycles. The van der Waals surface area contributed by atoms with Gasteiger partial charge in [0.2, 0.25) is 0 Å². The second-order valence-electron chi connectivity index (χ2n) is 3.50. The van der Waals surface area contributed by atoms with E-state index in [1.807, 2.05) is 12.2 Å². The standard InChI is InChI=1S/C13H14F2OS/c1-10(16)17-9-3-2-4-11-5-7-12(8-6-11)13(14)15/h2,4-8,13H,3,9H2,1H3. The van der Waals surface area contributed by atoms with Crippen molar-refractivity contribution < 1.29 is 13.6 Å². The summed E-state index contributed by atoms with van der Waals surface area (Å²) in [7, 11) is 0. The Bertz CT molecular complexity index is 385. The first-order chi connectivity index (χ1) is 8.09. The van der Waals surface area contributed by atoms with Crippen LogP contribution < -0.4 is 0 Å². The maximum atomic E-state index is 12.3. The molecule has 0 radical (unpaired) electrons. The Balaban J connectivity index is 2.41. The topological polar surface area (TPSA) is 17.1 Å². The van der Waals surface area contributed by atoms with E-state index in [0.717, 1.165) is 17.7 Å². The number of alkyl halides is 2. The van der Waals surface area contributed by atoms with Crippen LogP contribution in [-0.2, 0) is 4.79 Å². The monoisotopic (exact) mass is 256 g/mol. The highest BCUT2D eigenvalue weighted by molar-refractivity contribution is 8.13. The number of allylic oxidation sites excluding steroid dienone is 1. The third-order valence-corrected chi connectivity index (χ3v) is 2.93. The van der Waals surface area contributed by atoms with Crippen LogP contribution in [0.4, 0.5) is 8.78 Å². The van der Waals surface area contributed by atoms with Crippen LogP contribution in [0, 0.1) is 0 Å². The maximum absolute atomic E-state index is 12.3. The lowest BCUT2D eigenvalue weighted by Crippen LogP contribution is -1.84. The van der Waals surface area contributed by atoms with E-state index in [0.29, 0.717) is 0 Å². The van der Waals surface area contributed by atoms with Gasteiger partial charge in [-0.05, 0) is 12.0 Å². The molecule has 1 rings (SSSR count). The van der Waals surface area contributed by atoms with E-state index >= 15 is 0 Å². The van der Waals surface area contributed by atoms with E-state index < -0.39 is 6.43 Å². The summed E-state index contributed by atoms with van der Waals surface area (Å²) in [6.45, 7) is 1.54. The molecule has 0 aliphatic rings. The number of benzene rings is 1. The fourth-order valence-electron chi connectivity index (χ4n) is 1.24. The lowest BCUT2D eigenvalue weighted by molar-refractivity contribution is -0.109. The molecule has 0 fully saturated rings. The van der Waals surface area contributed by atoms with Gasteiger partial charge >= 0.3 is 0 Å². The summed E-state index contributed by atoms with van der Waals surface area (Å²) in [5.74, 6) is 0.751. The van der Waals surface area contributed by atoms with E-state index in [-0.39, 0.29) is 10.7 Å². The molecule has 0 heterocycles. The Morgan fingerprint density at radius 3 is 2.53 bits per heavy atom. The van der Waals surface area contributed by atoms with Crippen molar-refractivity contribution in [2.24, 2.45) is 0 Å². The van der Waals surface area contributed by atoms with Crippen molar-refractivity contribution in [3.63, 3.8) is 0 Å². The third-order valence-electron chi connectivity index (χ3n) is 2.09. The van der Waals surface area contributed by atoms with Gasteiger partial charge in [0.15, 0.2) is 5.12 Å². The van der Waals surface area contributed by atoms with Gasteiger partial charge in [0.1, 0.15) is 0 Å². The van der Waals surface area contributed by atoms with Crippen LogP contribution in [0.25, 0.3) is 6.08 Å². The first-order valence-electron chi connectivity index (χ1n) is 5.27. The quantitative estimate of drug-likeness (QED) is 0.730. The van der Waals surface area contributed by atoms with Crippen molar-refractivity contribution in [1.82, 2.24) is 0 Å². The molecule has 0 amide bonds. The normalized spacial score (nSPS) is 11.3. The summed E-state index contributed by atoms with van der Waals surface area (Å²) in [6, 6.07) is 6.18. The minimum atomic E-state index is -2.42. The molecule has 4 heteroatoms. The van der Waals surface area contributed by atoms with Gasteiger partial charge in [-0.15, -0.1) is 0 Å². The number of rotatable bonds is 5. The zero-order valence-electron chi connectivity index (χ0n) is 9.53. The average molecular weight is 256 g/mol. The Labute approximate surface area is 104 Å². The fraction of sp³-hybridized carbons (Fsp3) is 0.308. The van der Waals surface area contributed by atoms with Crippen molar-refractivity contribution in [3.05, 3.63) is 41.5 Å². The molecule has 0 bridgehead atoms. The summed E-state index contributed by atoms with van der Waals surface area (Å²) in [5.41, 5.74) is 0.927. The van der Waals surface area contributed by atoms with Crippen molar-refractivity contribution in [3.8, 4) is 0 Å². The molecule has 0 aliphatic carbocycles. The smallest absolute Gasteiger partial charge is 0.263 e. The summed E-state index contributed by atoms with van der Waals surface area (Å²) >= 11 is 1.28. The highest BCUT2D eigenvalue weighted by Gasteiger charge is 2.04. The highest BCUT2D eigenvalue weighted by Crippen LogP contribution is 2.19. The zero-order valence-corrected chi connectivity index (χ0v) is 10.3. The van der Waals surface area contributed by atoms with Gasteiger partial charge in [-0.3, -0.25) is 4.79 Å². The van der Waals surface area contributed by atoms with Gasteiger partial charge in [-0.2, -0.15) is 0 Å². The molecule has 0 atom stereocenters. The van der Waals surface area contributed by atoms with Crippen molar-refractivity contribution >= 4 is 23.0 Å². The van der Waals surface area contributed by atoms with Crippen molar-refractivity contribution in [1.29, 1.82) is 0 Å². The zero-order chi connectivity index (χ0) is 12.7. The molecular formula is C13H14F2OS. The lowest BCUT2D eigenvalue weighted by Gasteiger charge is -1.99. The van der Waals surface area contributed by atoms with E-state index in [1.165, 1.54) is 30.8 Å². The van der Waals surface area contributed by atoms with Gasteiger partial charge in [-0.25, -0.2) is 8.78 Å². The first kappa shape index (κ1) is 13.9. The lowest BCUT2D eigenvalue weighted by atomic mass is 10.1. The first-order valence-corrected chi connectivity index (χ1v) is 6.26. The van der Waals surface area contributed by atoms with E-state index in [9.17, 15) is 13.6 Å². The molecule has 1 nitrogen and oxygen atoms in total. The van der Waals surface area contributed by atoms with Crippen molar-refractivity contribution in [2.45, 2.75) is 19.8 Å². The summed E-state index contributed by atoms with van der Waals surface area (Å²) in [5, 5.41) is 0.111. The van der Waals surface area contributed by atoms with Crippen LogP contribution in [0.1, 0.15) is 30.9 Å².